The van der Waals surface area contributed by atoms with Gasteiger partial charge in [-0.15, -0.1) is 16.4 Å². The summed E-state index contributed by atoms with van der Waals surface area (Å²) in [5, 5.41) is 7.54. The van der Waals surface area contributed by atoms with Gasteiger partial charge in [-0.2, -0.15) is 0 Å². The first-order valence-electron chi connectivity index (χ1n) is 7.42. The van der Waals surface area contributed by atoms with Gasteiger partial charge in [0, 0.05) is 5.38 Å². The first-order chi connectivity index (χ1) is 11.0. The lowest BCUT2D eigenvalue weighted by molar-refractivity contribution is 0.650. The van der Waals surface area contributed by atoms with Crippen LogP contribution in [-0.4, -0.2) is 19.2 Å². The molecular weight excluding hydrogens is 308 g/mol. The number of aryl methyl sites for hydroxylation is 3. The van der Waals surface area contributed by atoms with E-state index in [0.29, 0.717) is 12.2 Å². The average Bonchev–Trinajstić information content (AvgIpc) is 3.09. The number of pyridine rings is 1. The van der Waals surface area contributed by atoms with Gasteiger partial charge in [0.15, 0.2) is 5.65 Å². The fraction of sp³-hybridized carbons (Fsp3) is 0.235. The van der Waals surface area contributed by atoms with Gasteiger partial charge in [-0.05, 0) is 49.4 Å². The van der Waals surface area contributed by atoms with Gasteiger partial charge >= 0.3 is 5.69 Å². The molecule has 3 aromatic heterocycles. The fourth-order valence-electron chi connectivity index (χ4n) is 3.14. The summed E-state index contributed by atoms with van der Waals surface area (Å²) in [6, 6.07) is 6.31. The minimum atomic E-state index is -0.117. The maximum absolute atomic E-state index is 12.9. The Kier molecular flexibility index (Phi) is 3.09. The van der Waals surface area contributed by atoms with E-state index in [0.717, 1.165) is 27.7 Å². The van der Waals surface area contributed by atoms with Crippen molar-refractivity contribution in [3.05, 3.63) is 62.0 Å². The van der Waals surface area contributed by atoms with E-state index in [9.17, 15) is 4.79 Å². The Labute approximate surface area is 136 Å². The molecule has 1 aromatic carbocycles. The van der Waals surface area contributed by atoms with Gasteiger partial charge in [0.2, 0.25) is 0 Å². The molecule has 0 radical (unpaired) electrons. The van der Waals surface area contributed by atoms with Crippen LogP contribution >= 0.6 is 11.3 Å². The zero-order chi connectivity index (χ0) is 16.1. The monoisotopic (exact) mass is 324 g/mol. The van der Waals surface area contributed by atoms with Gasteiger partial charge in [0.1, 0.15) is 0 Å². The van der Waals surface area contributed by atoms with Crippen LogP contribution in [0.3, 0.4) is 0 Å². The van der Waals surface area contributed by atoms with Crippen molar-refractivity contribution in [2.24, 2.45) is 0 Å². The van der Waals surface area contributed by atoms with E-state index in [2.05, 4.69) is 35.2 Å². The Balaban J connectivity index is 2.07. The third-order valence-electron chi connectivity index (χ3n) is 4.06. The molecule has 0 bridgehead atoms. The highest BCUT2D eigenvalue weighted by molar-refractivity contribution is 7.07. The Morgan fingerprint density at radius 1 is 1.13 bits per heavy atom. The molecule has 116 valence electrons. The summed E-state index contributed by atoms with van der Waals surface area (Å²) in [5.41, 5.74) is 7.43. The molecular formula is C17H16N4OS. The van der Waals surface area contributed by atoms with Gasteiger partial charge in [-0.3, -0.25) is 0 Å². The molecule has 0 aliphatic carbocycles. The SMILES string of the molecule is Cc1cc(C)c2c(c1)cc(C)c1nn(Cc3cscn3)c(=O)n12. The second-order valence-corrected chi connectivity index (χ2v) is 6.64. The molecule has 0 saturated heterocycles. The van der Waals surface area contributed by atoms with Crippen molar-refractivity contribution in [3.63, 3.8) is 0 Å². The van der Waals surface area contributed by atoms with Gasteiger partial charge in [0.05, 0.1) is 23.3 Å². The van der Waals surface area contributed by atoms with E-state index in [1.807, 2.05) is 19.2 Å². The molecule has 23 heavy (non-hydrogen) atoms. The molecule has 5 nitrogen and oxygen atoms in total. The van der Waals surface area contributed by atoms with Crippen LogP contribution in [0.25, 0.3) is 16.6 Å². The minimum absolute atomic E-state index is 0.117. The molecule has 0 saturated carbocycles. The number of benzene rings is 1. The predicted octanol–water partition coefficient (Wildman–Crippen LogP) is 3.08. The third-order valence-corrected chi connectivity index (χ3v) is 4.69. The summed E-state index contributed by atoms with van der Waals surface area (Å²) < 4.78 is 3.22. The topological polar surface area (TPSA) is 52.2 Å². The van der Waals surface area contributed by atoms with E-state index in [1.54, 1.807) is 9.91 Å². The van der Waals surface area contributed by atoms with Crippen molar-refractivity contribution in [1.82, 2.24) is 19.2 Å². The smallest absolute Gasteiger partial charge is 0.248 e. The molecule has 0 unspecified atom stereocenters. The molecule has 3 heterocycles. The van der Waals surface area contributed by atoms with Crippen molar-refractivity contribution in [2.75, 3.05) is 0 Å². The molecule has 0 aliphatic heterocycles. The van der Waals surface area contributed by atoms with Crippen LogP contribution in [0.15, 0.2) is 33.9 Å². The van der Waals surface area contributed by atoms with Crippen LogP contribution in [0.5, 0.6) is 0 Å². The number of fused-ring (bicyclic) bond motifs is 3. The second kappa shape index (κ2) is 5.03. The van der Waals surface area contributed by atoms with Crippen molar-refractivity contribution in [1.29, 1.82) is 0 Å². The predicted molar refractivity (Wildman–Crippen MR) is 92.4 cm³/mol. The second-order valence-electron chi connectivity index (χ2n) is 5.93. The van der Waals surface area contributed by atoms with Crippen molar-refractivity contribution in [2.45, 2.75) is 27.3 Å². The first kappa shape index (κ1) is 14.1. The normalized spacial score (nSPS) is 11.6. The highest BCUT2D eigenvalue weighted by Gasteiger charge is 2.15. The Morgan fingerprint density at radius 3 is 2.70 bits per heavy atom. The van der Waals surface area contributed by atoms with Gasteiger partial charge in [0.25, 0.3) is 0 Å². The van der Waals surface area contributed by atoms with Gasteiger partial charge in [-0.1, -0.05) is 11.6 Å². The summed E-state index contributed by atoms with van der Waals surface area (Å²) >= 11 is 1.52. The maximum Gasteiger partial charge on any atom is 0.351 e. The Morgan fingerprint density at radius 2 is 1.96 bits per heavy atom. The lowest BCUT2D eigenvalue weighted by atomic mass is 10.1. The number of thiazole rings is 1. The number of rotatable bonds is 2. The molecule has 0 fully saturated rings. The molecule has 0 atom stereocenters. The van der Waals surface area contributed by atoms with Crippen LogP contribution in [0.4, 0.5) is 0 Å². The molecule has 0 N–H and O–H groups in total. The fourth-order valence-corrected chi connectivity index (χ4v) is 3.69. The standard InChI is InChI=1S/C17H16N4OS/c1-10-4-11(2)15-13(5-10)6-12(3)16-19-20(17(22)21(15)16)7-14-8-23-9-18-14/h4-6,8-9H,7H2,1-3H3. The van der Waals surface area contributed by atoms with E-state index in [1.165, 1.54) is 21.6 Å². The number of hydrogen-bond donors (Lipinski definition) is 0. The largest absolute Gasteiger partial charge is 0.351 e. The molecule has 0 amide bonds. The third kappa shape index (κ3) is 2.17. The van der Waals surface area contributed by atoms with Crippen LogP contribution in [-0.2, 0) is 6.54 Å². The lowest BCUT2D eigenvalue weighted by Crippen LogP contribution is -2.22. The average molecular weight is 324 g/mol. The Bertz CT molecular complexity index is 1090. The van der Waals surface area contributed by atoms with E-state index < -0.39 is 0 Å². The van der Waals surface area contributed by atoms with Crippen molar-refractivity contribution >= 4 is 27.9 Å². The summed E-state index contributed by atoms with van der Waals surface area (Å²) in [7, 11) is 0. The van der Waals surface area contributed by atoms with Gasteiger partial charge in [-0.25, -0.2) is 18.9 Å². The Hall–Kier alpha value is -2.47. The van der Waals surface area contributed by atoms with Crippen LogP contribution < -0.4 is 5.69 Å². The minimum Gasteiger partial charge on any atom is -0.248 e. The summed E-state index contributed by atoms with van der Waals surface area (Å²) in [6.45, 7) is 6.50. The number of aromatic nitrogens is 4. The zero-order valence-electron chi connectivity index (χ0n) is 13.2. The number of nitrogens with zero attached hydrogens (tertiary/aromatic N) is 4. The molecule has 0 spiro atoms. The summed E-state index contributed by atoms with van der Waals surface area (Å²) in [6.07, 6.45) is 0. The molecule has 4 rings (SSSR count). The lowest BCUT2D eigenvalue weighted by Gasteiger charge is -2.07. The molecule has 4 aromatic rings. The quantitative estimate of drug-likeness (QED) is 0.569. The highest BCUT2D eigenvalue weighted by atomic mass is 32.1. The van der Waals surface area contributed by atoms with Crippen LogP contribution in [0.1, 0.15) is 22.4 Å². The van der Waals surface area contributed by atoms with E-state index >= 15 is 0 Å². The molecule has 6 heteroatoms. The van der Waals surface area contributed by atoms with Gasteiger partial charge < -0.3 is 0 Å². The first-order valence-corrected chi connectivity index (χ1v) is 8.36. The van der Waals surface area contributed by atoms with E-state index in [4.69, 9.17) is 0 Å². The maximum atomic E-state index is 12.9. The molecule has 0 aliphatic rings. The van der Waals surface area contributed by atoms with E-state index in [-0.39, 0.29) is 5.69 Å². The summed E-state index contributed by atoms with van der Waals surface area (Å²) in [5.74, 6) is 0. The zero-order valence-corrected chi connectivity index (χ0v) is 14.0. The number of hydrogen-bond acceptors (Lipinski definition) is 4. The highest BCUT2D eigenvalue weighted by Crippen LogP contribution is 2.23. The van der Waals surface area contributed by atoms with Crippen molar-refractivity contribution in [3.8, 4) is 0 Å². The van der Waals surface area contributed by atoms with Crippen LogP contribution in [0.2, 0.25) is 0 Å². The van der Waals surface area contributed by atoms with Crippen LogP contribution in [0, 0.1) is 20.8 Å². The summed E-state index contributed by atoms with van der Waals surface area (Å²) in [4.78, 5) is 17.1. The van der Waals surface area contributed by atoms with Crippen molar-refractivity contribution < 1.29 is 0 Å².